The third-order valence-electron chi connectivity index (χ3n) is 2.38. The van der Waals surface area contributed by atoms with Crippen molar-refractivity contribution in [2.45, 2.75) is 11.8 Å². The second kappa shape index (κ2) is 5.13. The van der Waals surface area contributed by atoms with E-state index in [4.69, 9.17) is 0 Å². The second-order valence-electron chi connectivity index (χ2n) is 3.77. The third kappa shape index (κ3) is 2.75. The van der Waals surface area contributed by atoms with Crippen LogP contribution >= 0.6 is 11.3 Å². The van der Waals surface area contributed by atoms with Gasteiger partial charge in [0.05, 0.1) is 9.82 Å². The molecule has 10 heteroatoms. The van der Waals surface area contributed by atoms with Crippen LogP contribution in [0.4, 0.5) is 15.2 Å². The van der Waals surface area contributed by atoms with Crippen molar-refractivity contribution in [2.24, 2.45) is 0 Å². The summed E-state index contributed by atoms with van der Waals surface area (Å²) in [6.07, 6.45) is 1.41. The maximum Gasteiger partial charge on any atom is 0.306 e. The van der Waals surface area contributed by atoms with Gasteiger partial charge in [0.1, 0.15) is 0 Å². The normalized spacial score (nSPS) is 11.3. The zero-order chi connectivity index (χ0) is 14.9. The second-order valence-corrected chi connectivity index (χ2v) is 6.31. The molecule has 1 heterocycles. The van der Waals surface area contributed by atoms with Crippen molar-refractivity contribution >= 4 is 32.2 Å². The number of sulfonamides is 1. The van der Waals surface area contributed by atoms with E-state index < -0.39 is 26.5 Å². The number of nitro groups is 1. The van der Waals surface area contributed by atoms with E-state index in [1.54, 1.807) is 5.38 Å². The Morgan fingerprint density at radius 2 is 2.15 bits per heavy atom. The Labute approximate surface area is 117 Å². The van der Waals surface area contributed by atoms with Gasteiger partial charge in [-0.05, 0) is 18.6 Å². The van der Waals surface area contributed by atoms with Crippen LogP contribution in [0.5, 0.6) is 0 Å². The molecular weight excluding hydrogens is 309 g/mol. The predicted octanol–water partition coefficient (Wildman–Crippen LogP) is 2.30. The van der Waals surface area contributed by atoms with Crippen LogP contribution in [0.2, 0.25) is 0 Å². The molecule has 0 bridgehead atoms. The Balaban J connectivity index is 2.51. The average Bonchev–Trinajstić information content (AvgIpc) is 2.79. The van der Waals surface area contributed by atoms with Gasteiger partial charge in [-0.25, -0.2) is 13.4 Å². The Kier molecular flexibility index (Phi) is 3.68. The molecule has 2 rings (SSSR count). The lowest BCUT2D eigenvalue weighted by Gasteiger charge is -2.08. The summed E-state index contributed by atoms with van der Waals surface area (Å²) in [5.74, 6) is -1.08. The van der Waals surface area contributed by atoms with Gasteiger partial charge in [0.15, 0.2) is 5.13 Å². The summed E-state index contributed by atoms with van der Waals surface area (Å²) in [7, 11) is -4.06. The zero-order valence-corrected chi connectivity index (χ0v) is 11.7. The fourth-order valence-electron chi connectivity index (χ4n) is 1.52. The number of nitrogens with one attached hydrogen (secondary N) is 1. The van der Waals surface area contributed by atoms with Crippen molar-refractivity contribution in [3.8, 4) is 0 Å². The van der Waals surface area contributed by atoms with E-state index >= 15 is 0 Å². The molecule has 0 fully saturated rings. The summed E-state index contributed by atoms with van der Waals surface area (Å²) >= 11 is 1.05. The predicted molar refractivity (Wildman–Crippen MR) is 70.7 cm³/mol. The average molecular weight is 317 g/mol. The molecule has 1 aromatic heterocycles. The molecule has 1 N–H and O–H groups in total. The first-order valence-corrected chi connectivity index (χ1v) is 7.54. The molecule has 0 amide bonds. The van der Waals surface area contributed by atoms with Crippen LogP contribution in [0.15, 0.2) is 28.6 Å². The van der Waals surface area contributed by atoms with E-state index in [0.717, 1.165) is 17.4 Å². The molecule has 0 aliphatic carbocycles. The van der Waals surface area contributed by atoms with Crippen LogP contribution in [0.25, 0.3) is 0 Å². The molecule has 0 radical (unpaired) electrons. The van der Waals surface area contributed by atoms with Crippen LogP contribution in [-0.4, -0.2) is 18.3 Å². The molecular formula is C10H8FN3O4S2. The first-order valence-electron chi connectivity index (χ1n) is 5.18. The maximum atomic E-state index is 13.4. The van der Waals surface area contributed by atoms with E-state index in [9.17, 15) is 22.9 Å². The van der Waals surface area contributed by atoms with Crippen LogP contribution < -0.4 is 4.72 Å². The van der Waals surface area contributed by atoms with Crippen molar-refractivity contribution in [1.29, 1.82) is 0 Å². The number of hydrogen-bond acceptors (Lipinski definition) is 6. The Morgan fingerprint density at radius 1 is 1.45 bits per heavy atom. The first kappa shape index (κ1) is 14.3. The van der Waals surface area contributed by atoms with Gasteiger partial charge in [0.25, 0.3) is 10.0 Å². The minimum absolute atomic E-state index is 0.0668. The monoisotopic (exact) mass is 317 g/mol. The first-order chi connectivity index (χ1) is 9.31. The highest BCUT2D eigenvalue weighted by Gasteiger charge is 2.24. The summed E-state index contributed by atoms with van der Waals surface area (Å²) in [6, 6.07) is 1.51. The molecule has 0 unspecified atom stereocenters. The van der Waals surface area contributed by atoms with Crippen molar-refractivity contribution in [3.63, 3.8) is 0 Å². The van der Waals surface area contributed by atoms with Crippen molar-refractivity contribution in [3.05, 3.63) is 45.2 Å². The Morgan fingerprint density at radius 3 is 2.70 bits per heavy atom. The Bertz CT molecular complexity index is 759. The van der Waals surface area contributed by atoms with Gasteiger partial charge < -0.3 is 0 Å². The number of aryl methyl sites for hydroxylation is 1. The van der Waals surface area contributed by atoms with E-state index in [2.05, 4.69) is 9.71 Å². The number of halogens is 1. The van der Waals surface area contributed by atoms with Crippen LogP contribution in [0, 0.1) is 22.9 Å². The third-order valence-corrected chi connectivity index (χ3v) is 4.68. The lowest BCUT2D eigenvalue weighted by atomic mass is 10.2. The molecule has 7 nitrogen and oxygen atoms in total. The topological polar surface area (TPSA) is 102 Å². The van der Waals surface area contributed by atoms with Gasteiger partial charge in [-0.15, -0.1) is 11.3 Å². The number of nitrogens with zero attached hydrogens (tertiary/aromatic N) is 2. The Hall–Kier alpha value is -2.07. The SMILES string of the molecule is Cc1cc(F)c([N+](=O)[O-])cc1S(=O)(=O)Nc1nccs1. The minimum Gasteiger partial charge on any atom is -0.258 e. The van der Waals surface area contributed by atoms with Gasteiger partial charge in [-0.2, -0.15) is 4.39 Å². The van der Waals surface area contributed by atoms with E-state index in [1.165, 1.54) is 13.1 Å². The zero-order valence-electron chi connectivity index (χ0n) is 10.0. The summed E-state index contributed by atoms with van der Waals surface area (Å²) in [5, 5.41) is 12.4. The van der Waals surface area contributed by atoms with Crippen LogP contribution in [0.1, 0.15) is 5.56 Å². The van der Waals surface area contributed by atoms with Crippen LogP contribution in [0.3, 0.4) is 0 Å². The minimum atomic E-state index is -4.06. The molecule has 20 heavy (non-hydrogen) atoms. The maximum absolute atomic E-state index is 13.4. The summed E-state index contributed by atoms with van der Waals surface area (Å²) < 4.78 is 39.8. The van der Waals surface area contributed by atoms with Gasteiger partial charge in [-0.1, -0.05) is 0 Å². The summed E-state index contributed by atoms with van der Waals surface area (Å²) in [5.41, 5.74) is -0.827. The smallest absolute Gasteiger partial charge is 0.258 e. The highest BCUT2D eigenvalue weighted by molar-refractivity contribution is 7.93. The number of rotatable bonds is 4. The molecule has 1 aromatic carbocycles. The molecule has 0 atom stereocenters. The highest BCUT2D eigenvalue weighted by Crippen LogP contribution is 2.27. The molecule has 0 aliphatic heterocycles. The lowest BCUT2D eigenvalue weighted by molar-refractivity contribution is -0.387. The fourth-order valence-corrected chi connectivity index (χ4v) is 3.55. The summed E-state index contributed by atoms with van der Waals surface area (Å²) in [6.45, 7) is 1.35. The van der Waals surface area contributed by atoms with Gasteiger partial charge in [0.2, 0.25) is 5.82 Å². The number of hydrogen-bond donors (Lipinski definition) is 1. The molecule has 0 saturated carbocycles. The van der Waals surface area contributed by atoms with E-state index in [-0.39, 0.29) is 15.6 Å². The lowest BCUT2D eigenvalue weighted by Crippen LogP contribution is -2.14. The number of aromatic nitrogens is 1. The van der Waals surface area contributed by atoms with E-state index in [0.29, 0.717) is 6.07 Å². The molecule has 0 aliphatic rings. The van der Waals surface area contributed by atoms with Crippen molar-refractivity contribution in [2.75, 3.05) is 4.72 Å². The fraction of sp³-hybridized carbons (Fsp3) is 0.100. The van der Waals surface area contributed by atoms with Gasteiger partial charge in [0, 0.05) is 17.6 Å². The number of benzene rings is 1. The summed E-state index contributed by atoms with van der Waals surface area (Å²) in [4.78, 5) is 13.1. The standard InChI is InChI=1S/C10H8FN3O4S2/c1-6-4-7(11)8(14(15)16)5-9(6)20(17,18)13-10-12-2-3-19-10/h2-5H,1H3,(H,12,13). The van der Waals surface area contributed by atoms with E-state index in [1.807, 2.05) is 0 Å². The van der Waals surface area contributed by atoms with Gasteiger partial charge >= 0.3 is 5.69 Å². The number of nitro benzene ring substituents is 1. The molecule has 0 spiro atoms. The van der Waals surface area contributed by atoms with Crippen molar-refractivity contribution in [1.82, 2.24) is 4.98 Å². The van der Waals surface area contributed by atoms with Crippen molar-refractivity contribution < 1.29 is 17.7 Å². The largest absolute Gasteiger partial charge is 0.306 e. The number of anilines is 1. The molecule has 2 aromatic rings. The molecule has 0 saturated heterocycles. The highest BCUT2D eigenvalue weighted by atomic mass is 32.2. The number of thiazole rings is 1. The molecule has 106 valence electrons. The quantitative estimate of drug-likeness (QED) is 0.688. The van der Waals surface area contributed by atoms with Crippen LogP contribution in [-0.2, 0) is 10.0 Å². The van der Waals surface area contributed by atoms with Gasteiger partial charge in [-0.3, -0.25) is 14.8 Å².